The van der Waals surface area contributed by atoms with Crippen LogP contribution in [0.25, 0.3) is 0 Å². The first-order chi connectivity index (χ1) is 13.4. The molecule has 0 spiro atoms. The minimum Gasteiger partial charge on any atom is -0.477 e. The number of amides is 2. The first-order valence-corrected chi connectivity index (χ1v) is 10.2. The highest BCUT2D eigenvalue weighted by Gasteiger charge is 2.53. The molecule has 1 aromatic rings. The van der Waals surface area contributed by atoms with E-state index in [-0.39, 0.29) is 28.8 Å². The van der Waals surface area contributed by atoms with Crippen LogP contribution in [0.2, 0.25) is 0 Å². The van der Waals surface area contributed by atoms with Crippen LogP contribution < -0.4 is 16.8 Å². The van der Waals surface area contributed by atoms with Crippen molar-refractivity contribution in [3.05, 3.63) is 22.8 Å². The van der Waals surface area contributed by atoms with Gasteiger partial charge in [0.15, 0.2) is 10.8 Å². The fourth-order valence-electron chi connectivity index (χ4n) is 2.61. The molecule has 1 saturated heterocycles. The van der Waals surface area contributed by atoms with Crippen LogP contribution >= 0.6 is 23.1 Å². The summed E-state index contributed by atoms with van der Waals surface area (Å²) in [7, 11) is 0. The fourth-order valence-corrected chi connectivity index (χ4v) is 4.35. The van der Waals surface area contributed by atoms with Crippen molar-refractivity contribution in [3.63, 3.8) is 0 Å². The largest absolute Gasteiger partial charge is 0.477 e. The molecule has 0 saturated carbocycles. The minimum atomic E-state index is -1.18. The number of rotatable bonds is 8. The topological polar surface area (TPSA) is 173 Å². The van der Waals surface area contributed by atoms with Gasteiger partial charge in [-0.3, -0.25) is 14.5 Å². The fraction of sp³-hybridized carbons (Fsp3) is 0.400. The Morgan fingerprint density at radius 3 is 2.93 bits per heavy atom. The van der Waals surface area contributed by atoms with Gasteiger partial charge in [0.1, 0.15) is 29.4 Å². The number of β-lactam (4-membered cyclic amide) rings is 1. The van der Waals surface area contributed by atoms with Gasteiger partial charge >= 0.3 is 5.97 Å². The van der Waals surface area contributed by atoms with Crippen molar-refractivity contribution in [2.45, 2.75) is 17.8 Å². The summed E-state index contributed by atoms with van der Waals surface area (Å²) in [6.45, 7) is 0.625. The van der Waals surface area contributed by atoms with E-state index in [9.17, 15) is 19.5 Å². The number of oxime groups is 1. The highest BCUT2D eigenvalue weighted by molar-refractivity contribution is 8.00. The molecule has 2 aliphatic rings. The van der Waals surface area contributed by atoms with E-state index in [1.807, 2.05) is 0 Å². The molecule has 2 aliphatic heterocycles. The van der Waals surface area contributed by atoms with Gasteiger partial charge in [-0.25, -0.2) is 9.78 Å². The average Bonchev–Trinajstić information content (AvgIpc) is 3.10. The lowest BCUT2D eigenvalue weighted by Gasteiger charge is -2.48. The number of fused-ring (bicyclic) bond motifs is 1. The molecule has 6 N–H and O–H groups in total. The van der Waals surface area contributed by atoms with Gasteiger partial charge in [0.25, 0.3) is 11.8 Å². The van der Waals surface area contributed by atoms with Crippen molar-refractivity contribution in [3.8, 4) is 0 Å². The van der Waals surface area contributed by atoms with Crippen LogP contribution in [0.3, 0.4) is 0 Å². The van der Waals surface area contributed by atoms with Gasteiger partial charge < -0.3 is 26.7 Å². The van der Waals surface area contributed by atoms with E-state index in [0.29, 0.717) is 18.7 Å². The van der Waals surface area contributed by atoms with E-state index in [1.54, 1.807) is 5.38 Å². The Labute approximate surface area is 167 Å². The first kappa shape index (κ1) is 20.1. The van der Waals surface area contributed by atoms with E-state index in [4.69, 9.17) is 16.3 Å². The third-order valence-electron chi connectivity index (χ3n) is 3.93. The molecule has 0 aromatic carbocycles. The number of thioether (sulfide) groups is 1. The van der Waals surface area contributed by atoms with E-state index in [2.05, 4.69) is 15.5 Å². The Kier molecular flexibility index (Phi) is 6.16. The van der Waals surface area contributed by atoms with Crippen LogP contribution in [-0.4, -0.2) is 68.8 Å². The predicted molar refractivity (Wildman–Crippen MR) is 103 cm³/mol. The maximum Gasteiger partial charge on any atom is 0.352 e. The zero-order chi connectivity index (χ0) is 20.3. The summed E-state index contributed by atoms with van der Waals surface area (Å²) in [4.78, 5) is 46.7. The maximum absolute atomic E-state index is 12.7. The molecular weight excluding hydrogens is 408 g/mol. The molecule has 150 valence electrons. The third kappa shape index (κ3) is 3.95. The molecule has 0 radical (unpaired) electrons. The molecule has 1 unspecified atom stereocenters. The molecule has 3 heterocycles. The van der Waals surface area contributed by atoms with Crippen molar-refractivity contribution in [2.75, 3.05) is 24.6 Å². The second-order valence-electron chi connectivity index (χ2n) is 5.76. The molecule has 1 fully saturated rings. The number of thiazole rings is 1. The number of nitrogens with zero attached hydrogens (tertiary/aromatic N) is 3. The third-order valence-corrected chi connectivity index (χ3v) is 5.78. The lowest BCUT2D eigenvalue weighted by Crippen LogP contribution is -2.70. The molecule has 11 nitrogen and oxygen atoms in total. The number of anilines is 1. The Bertz CT molecular complexity index is 854. The van der Waals surface area contributed by atoms with Crippen LogP contribution in [0.4, 0.5) is 5.13 Å². The highest BCUT2D eigenvalue weighted by Crippen LogP contribution is 2.37. The summed E-state index contributed by atoms with van der Waals surface area (Å²) in [5, 5.41) is 16.9. The molecule has 2 amide bonds. The van der Waals surface area contributed by atoms with Crippen molar-refractivity contribution >= 4 is 51.7 Å². The van der Waals surface area contributed by atoms with Gasteiger partial charge in [0.05, 0.1) is 0 Å². The number of carboxylic acids is 1. The normalized spacial score (nSPS) is 21.5. The van der Waals surface area contributed by atoms with Crippen LogP contribution in [0.1, 0.15) is 12.1 Å². The number of nitrogens with two attached hydrogens (primary N) is 2. The molecule has 0 bridgehead atoms. The average molecular weight is 426 g/mol. The molecule has 2 atom stereocenters. The summed E-state index contributed by atoms with van der Waals surface area (Å²) in [6, 6.07) is -0.870. The number of hydrogen-bond acceptors (Lipinski definition) is 10. The number of carbonyl (C=O) groups excluding carboxylic acids is 2. The number of nitrogens with one attached hydrogen (secondary N) is 1. The van der Waals surface area contributed by atoms with Crippen LogP contribution in [0.15, 0.2) is 22.3 Å². The lowest BCUT2D eigenvalue weighted by molar-refractivity contribution is -0.150. The summed E-state index contributed by atoms with van der Waals surface area (Å²) in [5.41, 5.74) is 11.0. The number of aliphatic carboxylic acids is 1. The molecule has 13 heteroatoms. The van der Waals surface area contributed by atoms with Crippen molar-refractivity contribution in [2.24, 2.45) is 10.9 Å². The number of hydrogen-bond donors (Lipinski definition) is 4. The van der Waals surface area contributed by atoms with Gasteiger partial charge in [0, 0.05) is 11.1 Å². The summed E-state index contributed by atoms with van der Waals surface area (Å²) in [6.07, 6.45) is 2.02. The monoisotopic (exact) mass is 426 g/mol. The Balaban J connectivity index is 1.73. The molecule has 1 aromatic heterocycles. The number of carbonyl (C=O) groups is 3. The van der Waals surface area contributed by atoms with Crippen LogP contribution in [0.5, 0.6) is 0 Å². The van der Waals surface area contributed by atoms with Crippen LogP contribution in [0, 0.1) is 0 Å². The summed E-state index contributed by atoms with van der Waals surface area (Å²) in [5.74, 6) is -1.92. The van der Waals surface area contributed by atoms with Gasteiger partial charge in [-0.2, -0.15) is 0 Å². The highest BCUT2D eigenvalue weighted by atomic mass is 32.2. The quantitative estimate of drug-likeness (QED) is 0.179. The van der Waals surface area contributed by atoms with Gasteiger partial charge in [-0.15, -0.1) is 23.1 Å². The van der Waals surface area contributed by atoms with E-state index in [1.165, 1.54) is 17.8 Å². The van der Waals surface area contributed by atoms with Gasteiger partial charge in [-0.1, -0.05) is 5.16 Å². The zero-order valence-electron chi connectivity index (χ0n) is 14.5. The van der Waals surface area contributed by atoms with Crippen molar-refractivity contribution in [1.29, 1.82) is 0 Å². The SMILES string of the molecule is NCCCON=C(C(=O)NC1C(=O)N2C(C(=O)O)=CCS[C@@H]12)c1csc(N)n1. The molecule has 28 heavy (non-hydrogen) atoms. The van der Waals surface area contributed by atoms with Crippen molar-refractivity contribution in [1.82, 2.24) is 15.2 Å². The second-order valence-corrected chi connectivity index (χ2v) is 7.80. The lowest BCUT2D eigenvalue weighted by atomic mass is 10.0. The maximum atomic E-state index is 12.7. The van der Waals surface area contributed by atoms with E-state index < -0.39 is 29.2 Å². The first-order valence-electron chi connectivity index (χ1n) is 8.24. The second kappa shape index (κ2) is 8.58. The Morgan fingerprint density at radius 1 is 1.50 bits per heavy atom. The number of carboxylic acid groups (broad SMARTS) is 1. The molecule has 3 rings (SSSR count). The summed E-state index contributed by atoms with van der Waals surface area (Å²) >= 11 is 2.49. The molecular formula is C15H18N6O5S2. The number of nitrogen functional groups attached to an aromatic ring is 1. The Hall–Kier alpha value is -2.64. The smallest absolute Gasteiger partial charge is 0.352 e. The van der Waals surface area contributed by atoms with Crippen molar-refractivity contribution < 1.29 is 24.3 Å². The van der Waals surface area contributed by atoms with E-state index in [0.717, 1.165) is 16.2 Å². The summed E-state index contributed by atoms with van der Waals surface area (Å²) < 4.78 is 0. The van der Waals surface area contributed by atoms with Crippen LogP contribution in [-0.2, 0) is 19.2 Å². The Morgan fingerprint density at radius 2 is 2.29 bits per heavy atom. The van der Waals surface area contributed by atoms with Gasteiger partial charge in [0.2, 0.25) is 0 Å². The minimum absolute atomic E-state index is 0.0782. The standard InChI is InChI=1S/C15H18N6O5S2/c16-3-1-4-26-20-9(7-6-28-15(17)18-7)11(22)19-10-12(23)21-8(14(24)25)2-5-27-13(10)21/h2,6,10,13H,1,3-5,16H2,(H2,17,18)(H,19,22)(H,24,25)/t10?,13-/m0/s1. The number of aromatic nitrogens is 1. The predicted octanol–water partition coefficient (Wildman–Crippen LogP) is -0.837. The zero-order valence-corrected chi connectivity index (χ0v) is 16.2. The van der Waals surface area contributed by atoms with E-state index >= 15 is 0 Å². The van der Waals surface area contributed by atoms with Gasteiger partial charge in [-0.05, 0) is 19.0 Å². The molecule has 0 aliphatic carbocycles.